The van der Waals surface area contributed by atoms with Crippen LogP contribution < -0.4 is 5.32 Å². The summed E-state index contributed by atoms with van der Waals surface area (Å²) < 4.78 is 18.0. The van der Waals surface area contributed by atoms with Crippen LogP contribution in [0.15, 0.2) is 53.7 Å². The molecule has 0 bridgehead atoms. The van der Waals surface area contributed by atoms with E-state index < -0.39 is 17.7 Å². The second-order valence-electron chi connectivity index (χ2n) is 4.61. The number of oxime groups is 1. The number of esters is 1. The summed E-state index contributed by atoms with van der Waals surface area (Å²) >= 11 is 0. The Morgan fingerprint density at radius 2 is 1.88 bits per heavy atom. The maximum atomic E-state index is 13.3. The summed E-state index contributed by atoms with van der Waals surface area (Å²) in [6.45, 7) is -0.388. The lowest BCUT2D eigenvalue weighted by atomic mass is 10.2. The quantitative estimate of drug-likeness (QED) is 0.502. The maximum absolute atomic E-state index is 13.3. The number of hydrogen-bond acceptors (Lipinski definition) is 5. The van der Waals surface area contributed by atoms with Crippen LogP contribution in [-0.4, -0.2) is 31.8 Å². The number of ether oxygens (including phenoxy) is 1. The molecule has 0 saturated heterocycles. The molecule has 0 unspecified atom stereocenters. The number of para-hydroxylation sites is 1. The van der Waals surface area contributed by atoms with Gasteiger partial charge in [0, 0.05) is 5.56 Å². The van der Waals surface area contributed by atoms with Crippen molar-refractivity contribution in [2.75, 3.05) is 19.0 Å². The Kier molecular flexibility index (Phi) is 6.01. The van der Waals surface area contributed by atoms with Crippen molar-refractivity contribution in [1.82, 2.24) is 0 Å². The number of anilines is 1. The van der Waals surface area contributed by atoms with Crippen LogP contribution >= 0.6 is 0 Å². The molecule has 0 saturated carbocycles. The first-order chi connectivity index (χ1) is 11.6. The second-order valence-corrected chi connectivity index (χ2v) is 4.61. The summed E-state index contributed by atoms with van der Waals surface area (Å²) in [7, 11) is 1.25. The number of amides is 1. The predicted molar refractivity (Wildman–Crippen MR) is 86.4 cm³/mol. The highest BCUT2D eigenvalue weighted by Crippen LogP contribution is 2.15. The zero-order chi connectivity index (χ0) is 17.4. The summed E-state index contributed by atoms with van der Waals surface area (Å²) in [6.07, 6.45) is 1.17. The fourth-order valence-electron chi connectivity index (χ4n) is 1.84. The molecule has 1 amide bonds. The lowest BCUT2D eigenvalue weighted by Gasteiger charge is -2.08. The van der Waals surface area contributed by atoms with Crippen LogP contribution in [0, 0.1) is 5.82 Å². The Morgan fingerprint density at radius 1 is 1.17 bits per heavy atom. The third kappa shape index (κ3) is 4.64. The summed E-state index contributed by atoms with van der Waals surface area (Å²) in [5.41, 5.74) is 0.771. The molecule has 0 aliphatic carbocycles. The van der Waals surface area contributed by atoms with Gasteiger partial charge < -0.3 is 14.9 Å². The van der Waals surface area contributed by atoms with Gasteiger partial charge in [-0.3, -0.25) is 4.79 Å². The van der Waals surface area contributed by atoms with Crippen LogP contribution in [0.3, 0.4) is 0 Å². The fraction of sp³-hybridized carbons (Fsp3) is 0.118. The molecule has 0 radical (unpaired) electrons. The minimum atomic E-state index is -0.565. The third-order valence-electron chi connectivity index (χ3n) is 2.97. The summed E-state index contributed by atoms with van der Waals surface area (Å²) in [5, 5.41) is 6.06. The molecule has 2 aromatic rings. The molecule has 124 valence electrons. The topological polar surface area (TPSA) is 77.0 Å². The molecular weight excluding hydrogens is 315 g/mol. The lowest BCUT2D eigenvalue weighted by molar-refractivity contribution is -0.120. The Bertz CT molecular complexity index is 762. The molecule has 0 spiro atoms. The van der Waals surface area contributed by atoms with Crippen molar-refractivity contribution < 1.29 is 23.6 Å². The van der Waals surface area contributed by atoms with Crippen molar-refractivity contribution in [3.05, 3.63) is 65.5 Å². The van der Waals surface area contributed by atoms with Crippen molar-refractivity contribution in [3.63, 3.8) is 0 Å². The zero-order valence-corrected chi connectivity index (χ0v) is 12.9. The largest absolute Gasteiger partial charge is 0.465 e. The Balaban J connectivity index is 1.90. The number of carbonyl (C=O) groups excluding carboxylic acids is 2. The smallest absolute Gasteiger partial charge is 0.339 e. The van der Waals surface area contributed by atoms with E-state index in [0.29, 0.717) is 5.69 Å². The molecule has 1 N–H and O–H groups in total. The minimum absolute atomic E-state index is 0.225. The van der Waals surface area contributed by atoms with Gasteiger partial charge in [0.2, 0.25) is 0 Å². The molecule has 0 aromatic heterocycles. The van der Waals surface area contributed by atoms with E-state index in [4.69, 9.17) is 4.84 Å². The van der Waals surface area contributed by atoms with Crippen molar-refractivity contribution >= 4 is 23.8 Å². The highest BCUT2D eigenvalue weighted by atomic mass is 19.1. The van der Waals surface area contributed by atoms with Crippen molar-refractivity contribution in [2.24, 2.45) is 5.16 Å². The SMILES string of the molecule is COC(=O)c1ccccc1NC(=O)CO/N=C\c1ccccc1F. The maximum Gasteiger partial charge on any atom is 0.339 e. The molecule has 0 aliphatic heterocycles. The van der Waals surface area contributed by atoms with Gasteiger partial charge in [-0.15, -0.1) is 0 Å². The van der Waals surface area contributed by atoms with E-state index in [-0.39, 0.29) is 17.7 Å². The van der Waals surface area contributed by atoms with Crippen LogP contribution in [0.25, 0.3) is 0 Å². The van der Waals surface area contributed by atoms with Gasteiger partial charge in [0.25, 0.3) is 5.91 Å². The molecule has 2 rings (SSSR count). The number of halogens is 1. The fourth-order valence-corrected chi connectivity index (χ4v) is 1.84. The monoisotopic (exact) mass is 330 g/mol. The van der Waals surface area contributed by atoms with Gasteiger partial charge in [0.1, 0.15) is 5.82 Å². The average Bonchev–Trinajstić information content (AvgIpc) is 2.60. The molecule has 7 heteroatoms. The highest BCUT2D eigenvalue weighted by molar-refractivity contribution is 6.01. The Labute approximate surface area is 137 Å². The van der Waals surface area contributed by atoms with Crippen LogP contribution in [0.2, 0.25) is 0 Å². The van der Waals surface area contributed by atoms with E-state index in [1.165, 1.54) is 31.5 Å². The first-order valence-corrected chi connectivity index (χ1v) is 6.99. The van der Waals surface area contributed by atoms with Crippen LogP contribution in [0.4, 0.5) is 10.1 Å². The van der Waals surface area contributed by atoms with Gasteiger partial charge in [-0.1, -0.05) is 35.5 Å². The predicted octanol–water partition coefficient (Wildman–Crippen LogP) is 2.60. The number of carbonyl (C=O) groups is 2. The number of hydrogen-bond donors (Lipinski definition) is 1. The molecule has 0 aliphatic rings. The molecular formula is C17H15FN2O4. The normalized spacial score (nSPS) is 10.4. The first kappa shape index (κ1) is 17.1. The van der Waals surface area contributed by atoms with Crippen LogP contribution in [-0.2, 0) is 14.4 Å². The van der Waals surface area contributed by atoms with Gasteiger partial charge in [-0.05, 0) is 18.2 Å². The molecule has 0 heterocycles. The standard InChI is InChI=1S/C17H15FN2O4/c1-23-17(22)13-7-3-5-9-15(13)20-16(21)11-24-19-10-12-6-2-4-8-14(12)18/h2-10H,11H2,1H3,(H,20,21)/b19-10-. The molecule has 2 aromatic carbocycles. The number of nitrogens with zero attached hydrogens (tertiary/aromatic N) is 1. The second kappa shape index (κ2) is 8.42. The number of rotatable bonds is 6. The molecule has 0 atom stereocenters. The molecule has 6 nitrogen and oxygen atoms in total. The summed E-state index contributed by atoms with van der Waals surface area (Å²) in [4.78, 5) is 28.2. The van der Waals surface area contributed by atoms with E-state index >= 15 is 0 Å². The number of methoxy groups -OCH3 is 1. The third-order valence-corrected chi connectivity index (χ3v) is 2.97. The summed E-state index contributed by atoms with van der Waals surface area (Å²) in [6, 6.07) is 12.4. The Morgan fingerprint density at radius 3 is 2.62 bits per heavy atom. The van der Waals surface area contributed by atoms with E-state index in [2.05, 4.69) is 15.2 Å². The summed E-state index contributed by atoms with van der Waals surface area (Å²) in [5.74, 6) is -1.53. The highest BCUT2D eigenvalue weighted by Gasteiger charge is 2.13. The van der Waals surface area contributed by atoms with Crippen molar-refractivity contribution in [1.29, 1.82) is 0 Å². The Hall–Kier alpha value is -3.22. The van der Waals surface area contributed by atoms with E-state index in [9.17, 15) is 14.0 Å². The van der Waals surface area contributed by atoms with Gasteiger partial charge >= 0.3 is 5.97 Å². The van der Waals surface area contributed by atoms with Gasteiger partial charge in [-0.2, -0.15) is 0 Å². The number of benzene rings is 2. The zero-order valence-electron chi connectivity index (χ0n) is 12.9. The van der Waals surface area contributed by atoms with Gasteiger partial charge in [0.05, 0.1) is 24.6 Å². The number of nitrogens with one attached hydrogen (secondary N) is 1. The van der Waals surface area contributed by atoms with Crippen LogP contribution in [0.5, 0.6) is 0 Å². The lowest BCUT2D eigenvalue weighted by Crippen LogP contribution is -2.19. The van der Waals surface area contributed by atoms with Crippen molar-refractivity contribution in [2.45, 2.75) is 0 Å². The van der Waals surface area contributed by atoms with E-state index in [0.717, 1.165) is 0 Å². The minimum Gasteiger partial charge on any atom is -0.465 e. The van der Waals surface area contributed by atoms with Crippen LogP contribution in [0.1, 0.15) is 15.9 Å². The average molecular weight is 330 g/mol. The molecule has 24 heavy (non-hydrogen) atoms. The van der Waals surface area contributed by atoms with Crippen molar-refractivity contribution in [3.8, 4) is 0 Å². The van der Waals surface area contributed by atoms with E-state index in [1.807, 2.05) is 0 Å². The molecule has 0 fully saturated rings. The van der Waals surface area contributed by atoms with Gasteiger partial charge in [0.15, 0.2) is 6.61 Å². The van der Waals surface area contributed by atoms with E-state index in [1.54, 1.807) is 30.3 Å². The van der Waals surface area contributed by atoms with Gasteiger partial charge in [-0.25, -0.2) is 9.18 Å². The first-order valence-electron chi connectivity index (χ1n) is 6.99.